The number of nitrogens with zero attached hydrogens (tertiary/aromatic N) is 2. The first-order chi connectivity index (χ1) is 12.8. The number of nitrogen functional groups attached to an aromatic ring is 1. The molecule has 0 radical (unpaired) electrons. The summed E-state index contributed by atoms with van der Waals surface area (Å²) in [6.07, 6.45) is 0. The van der Waals surface area contributed by atoms with Gasteiger partial charge in [0.2, 0.25) is 0 Å². The van der Waals surface area contributed by atoms with Gasteiger partial charge in [-0.1, -0.05) is 0 Å². The van der Waals surface area contributed by atoms with Crippen molar-refractivity contribution >= 4 is 34.7 Å². The summed E-state index contributed by atoms with van der Waals surface area (Å²) in [5, 5.41) is 2.09. The van der Waals surface area contributed by atoms with Crippen LogP contribution < -0.4 is 16.6 Å². The molecule has 0 unspecified atom stereocenters. The van der Waals surface area contributed by atoms with E-state index in [1.165, 1.54) is 19.2 Å². The Labute approximate surface area is 150 Å². The number of hydrogen-bond donors (Lipinski definition) is 2. The number of amides is 2. The summed E-state index contributed by atoms with van der Waals surface area (Å²) < 4.78 is 11.3. The Morgan fingerprint density at radius 1 is 1.22 bits per heavy atom. The number of methoxy groups -OCH3 is 1. The largest absolute Gasteiger partial charge is 0.465 e. The molecule has 1 aromatic carbocycles. The zero-order valence-corrected chi connectivity index (χ0v) is 14.2. The fraction of sp³-hybridized carbons (Fsp3) is 0.118. The summed E-state index contributed by atoms with van der Waals surface area (Å²) in [5.74, 6) is -2.02. The number of aromatic nitrogens is 2. The molecule has 0 bridgehead atoms. The number of rotatable bonds is 2. The first kappa shape index (κ1) is 16.5. The maximum Gasteiger partial charge on any atom is 0.338 e. The summed E-state index contributed by atoms with van der Waals surface area (Å²) in [6.45, 7) is 1.60. The quantitative estimate of drug-likeness (QED) is 0.492. The van der Waals surface area contributed by atoms with Crippen molar-refractivity contribution in [3.05, 3.63) is 51.1 Å². The van der Waals surface area contributed by atoms with Crippen molar-refractivity contribution < 1.29 is 23.5 Å². The molecule has 1 aliphatic rings. The van der Waals surface area contributed by atoms with Gasteiger partial charge in [-0.3, -0.25) is 24.3 Å². The van der Waals surface area contributed by atoms with Crippen molar-refractivity contribution in [3.8, 4) is 5.69 Å². The number of benzene rings is 1. The maximum atomic E-state index is 12.7. The van der Waals surface area contributed by atoms with Gasteiger partial charge in [-0.25, -0.2) is 9.78 Å². The third-order valence-corrected chi connectivity index (χ3v) is 4.19. The van der Waals surface area contributed by atoms with E-state index in [1.807, 2.05) is 0 Å². The fourth-order valence-electron chi connectivity index (χ4n) is 3.06. The highest BCUT2D eigenvalue weighted by Gasteiger charge is 2.32. The van der Waals surface area contributed by atoms with Gasteiger partial charge in [-0.05, 0) is 12.1 Å². The topological polar surface area (TPSA) is 147 Å². The van der Waals surface area contributed by atoms with Crippen molar-refractivity contribution in [2.24, 2.45) is 0 Å². The van der Waals surface area contributed by atoms with E-state index in [1.54, 1.807) is 6.92 Å². The molecule has 2 aromatic heterocycles. The number of carbonyl (C=O) groups excluding carboxylic acids is 3. The molecule has 4 rings (SSSR count). The molecular weight excluding hydrogens is 356 g/mol. The first-order valence-corrected chi connectivity index (χ1v) is 7.73. The number of anilines is 1. The number of imide groups is 1. The number of oxazole rings is 1. The zero-order chi connectivity index (χ0) is 19.5. The van der Waals surface area contributed by atoms with Crippen LogP contribution in [0.25, 0.3) is 16.8 Å². The molecule has 0 saturated carbocycles. The molecule has 0 fully saturated rings. The Kier molecular flexibility index (Phi) is 3.38. The predicted molar refractivity (Wildman–Crippen MR) is 91.9 cm³/mol. The van der Waals surface area contributed by atoms with E-state index in [0.717, 1.165) is 10.6 Å². The van der Waals surface area contributed by atoms with Gasteiger partial charge in [-0.2, -0.15) is 0 Å². The van der Waals surface area contributed by atoms with Crippen molar-refractivity contribution in [3.63, 3.8) is 0 Å². The second-order valence-electron chi connectivity index (χ2n) is 5.84. The average Bonchev–Trinajstić information content (AvgIpc) is 3.12. The van der Waals surface area contributed by atoms with Crippen LogP contribution >= 0.6 is 0 Å². The third-order valence-electron chi connectivity index (χ3n) is 4.19. The number of fused-ring (bicyclic) bond motifs is 2. The van der Waals surface area contributed by atoms with Gasteiger partial charge < -0.3 is 14.9 Å². The molecule has 0 spiro atoms. The van der Waals surface area contributed by atoms with Gasteiger partial charge in [0, 0.05) is 13.0 Å². The normalized spacial score (nSPS) is 13.0. The van der Waals surface area contributed by atoms with Gasteiger partial charge in [0.25, 0.3) is 17.4 Å². The Bertz CT molecular complexity index is 1240. The summed E-state index contributed by atoms with van der Waals surface area (Å²) in [6, 6.07) is 3.80. The molecule has 10 heteroatoms. The molecule has 136 valence electrons. The number of nitrogens with one attached hydrogen (secondary N) is 1. The second kappa shape index (κ2) is 5.53. The van der Waals surface area contributed by atoms with Gasteiger partial charge in [-0.15, -0.1) is 0 Å². The van der Waals surface area contributed by atoms with Crippen molar-refractivity contribution in [2.75, 3.05) is 12.8 Å². The van der Waals surface area contributed by atoms with Crippen LogP contribution in [0.15, 0.2) is 27.4 Å². The Hall–Kier alpha value is -3.95. The molecule has 27 heavy (non-hydrogen) atoms. The molecule has 2 amide bonds. The number of hydrogen-bond acceptors (Lipinski definition) is 8. The van der Waals surface area contributed by atoms with E-state index in [-0.39, 0.29) is 33.8 Å². The standard InChI is InChI=1S/C17H12N4O6/c1-6-19-9-3-7(17(25)26-2)4-10(13(9)27-6)21-11(22)5-8-12(14(21)18)16(24)20-15(8)23/h3-5H,18H2,1-2H3,(H,20,23,24). The van der Waals surface area contributed by atoms with Crippen molar-refractivity contribution in [1.29, 1.82) is 0 Å². The van der Waals surface area contributed by atoms with Gasteiger partial charge >= 0.3 is 5.97 Å². The van der Waals surface area contributed by atoms with Crippen LogP contribution in [0.1, 0.15) is 37.0 Å². The minimum Gasteiger partial charge on any atom is -0.465 e. The lowest BCUT2D eigenvalue weighted by atomic mass is 10.1. The van der Waals surface area contributed by atoms with Crippen LogP contribution in [-0.4, -0.2) is 34.4 Å². The van der Waals surface area contributed by atoms with E-state index in [0.29, 0.717) is 11.4 Å². The van der Waals surface area contributed by atoms with Crippen LogP contribution in [0.2, 0.25) is 0 Å². The Morgan fingerprint density at radius 2 is 1.96 bits per heavy atom. The highest BCUT2D eigenvalue weighted by Crippen LogP contribution is 2.29. The van der Waals surface area contributed by atoms with Crippen molar-refractivity contribution in [1.82, 2.24) is 14.9 Å². The van der Waals surface area contributed by atoms with Gasteiger partial charge in [0.1, 0.15) is 11.3 Å². The maximum absolute atomic E-state index is 12.7. The molecule has 3 heterocycles. The van der Waals surface area contributed by atoms with Crippen LogP contribution in [0.4, 0.5) is 5.82 Å². The number of nitrogens with two attached hydrogens (primary N) is 1. The highest BCUT2D eigenvalue weighted by molar-refractivity contribution is 6.23. The highest BCUT2D eigenvalue weighted by atomic mass is 16.5. The van der Waals surface area contributed by atoms with Crippen molar-refractivity contribution in [2.45, 2.75) is 6.92 Å². The summed E-state index contributed by atoms with van der Waals surface area (Å²) in [7, 11) is 1.21. The van der Waals surface area contributed by atoms with Crippen LogP contribution in [0.5, 0.6) is 0 Å². The molecule has 1 aliphatic heterocycles. The monoisotopic (exact) mass is 368 g/mol. The van der Waals surface area contributed by atoms with Gasteiger partial charge in [0.15, 0.2) is 11.5 Å². The minimum atomic E-state index is -0.713. The molecular formula is C17H12N4O6. The number of pyridine rings is 1. The lowest BCUT2D eigenvalue weighted by Gasteiger charge is -2.13. The number of carbonyl (C=O) groups is 3. The van der Waals surface area contributed by atoms with Crippen LogP contribution in [-0.2, 0) is 4.74 Å². The van der Waals surface area contributed by atoms with E-state index < -0.39 is 23.3 Å². The van der Waals surface area contributed by atoms with Gasteiger partial charge in [0.05, 0.1) is 29.5 Å². The Balaban J connectivity index is 2.11. The minimum absolute atomic E-state index is 0.103. The third kappa shape index (κ3) is 2.30. The lowest BCUT2D eigenvalue weighted by molar-refractivity contribution is 0.0600. The average molecular weight is 368 g/mol. The Morgan fingerprint density at radius 3 is 2.67 bits per heavy atom. The lowest BCUT2D eigenvalue weighted by Crippen LogP contribution is -2.24. The summed E-state index contributed by atoms with van der Waals surface area (Å²) in [4.78, 5) is 52.7. The van der Waals surface area contributed by atoms with Crippen LogP contribution in [0.3, 0.4) is 0 Å². The van der Waals surface area contributed by atoms with E-state index in [9.17, 15) is 19.2 Å². The number of aryl methyl sites for hydroxylation is 1. The fourth-order valence-corrected chi connectivity index (χ4v) is 3.06. The molecule has 0 saturated heterocycles. The molecule has 0 atom stereocenters. The smallest absolute Gasteiger partial charge is 0.338 e. The second-order valence-corrected chi connectivity index (χ2v) is 5.84. The summed E-state index contributed by atoms with van der Waals surface area (Å²) >= 11 is 0. The molecule has 0 aliphatic carbocycles. The van der Waals surface area contributed by atoms with Crippen LogP contribution in [0, 0.1) is 6.92 Å². The zero-order valence-electron chi connectivity index (χ0n) is 14.2. The molecule has 3 N–H and O–H groups in total. The number of esters is 1. The first-order valence-electron chi connectivity index (χ1n) is 7.73. The van der Waals surface area contributed by atoms with E-state index >= 15 is 0 Å². The summed E-state index contributed by atoms with van der Waals surface area (Å²) in [5.41, 5.74) is 5.86. The van der Waals surface area contributed by atoms with E-state index in [4.69, 9.17) is 14.9 Å². The predicted octanol–water partition coefficient (Wildman–Crippen LogP) is 0.540. The number of ether oxygens (including phenoxy) is 1. The molecule has 3 aromatic rings. The molecule has 10 nitrogen and oxygen atoms in total. The van der Waals surface area contributed by atoms with E-state index in [2.05, 4.69) is 10.3 Å². The SMILES string of the molecule is COC(=O)c1cc(-n2c(N)c3c(cc2=O)C(=O)NC3=O)c2oc(C)nc2c1.